The van der Waals surface area contributed by atoms with Gasteiger partial charge in [-0.25, -0.2) is 0 Å². The van der Waals surface area contributed by atoms with E-state index in [-0.39, 0.29) is 23.8 Å². The van der Waals surface area contributed by atoms with Crippen molar-refractivity contribution < 1.29 is 14.3 Å². The highest BCUT2D eigenvalue weighted by atomic mass is 16.5. The number of carbonyl (C=O) groups excluding carboxylic acids is 2. The van der Waals surface area contributed by atoms with Crippen molar-refractivity contribution in [2.45, 2.75) is 39.3 Å². The summed E-state index contributed by atoms with van der Waals surface area (Å²) in [4.78, 5) is 25.6. The van der Waals surface area contributed by atoms with Gasteiger partial charge < -0.3 is 15.4 Å². The van der Waals surface area contributed by atoms with Gasteiger partial charge in [0.2, 0.25) is 5.91 Å². The summed E-state index contributed by atoms with van der Waals surface area (Å²) in [6.45, 7) is 6.31. The number of para-hydroxylation sites is 1. The Bertz CT molecular complexity index is 832. The van der Waals surface area contributed by atoms with E-state index in [9.17, 15) is 9.59 Å². The number of amides is 2. The molecular formula is C22H26N2O3. The first-order valence-electron chi connectivity index (χ1n) is 9.36. The van der Waals surface area contributed by atoms with Gasteiger partial charge in [0.25, 0.3) is 5.91 Å². The molecular weight excluding hydrogens is 340 g/mol. The molecule has 2 N–H and O–H groups in total. The second-order valence-corrected chi connectivity index (χ2v) is 7.25. The first-order chi connectivity index (χ1) is 13.0. The number of nitrogens with one attached hydrogen (secondary N) is 2. The van der Waals surface area contributed by atoms with E-state index in [0.717, 1.165) is 16.9 Å². The van der Waals surface area contributed by atoms with Crippen LogP contribution in [0.4, 0.5) is 0 Å². The molecule has 1 aliphatic rings. The van der Waals surface area contributed by atoms with Gasteiger partial charge in [-0.1, -0.05) is 50.2 Å². The molecule has 27 heavy (non-hydrogen) atoms. The molecule has 2 aromatic rings. The van der Waals surface area contributed by atoms with Crippen LogP contribution in [0.1, 0.15) is 47.8 Å². The van der Waals surface area contributed by atoms with E-state index < -0.39 is 6.04 Å². The number of hydrogen-bond acceptors (Lipinski definition) is 3. The van der Waals surface area contributed by atoms with Crippen molar-refractivity contribution >= 4 is 11.8 Å². The third kappa shape index (κ3) is 4.30. The average Bonchev–Trinajstić information content (AvgIpc) is 2.66. The van der Waals surface area contributed by atoms with Crippen LogP contribution in [0.25, 0.3) is 0 Å². The second-order valence-electron chi connectivity index (χ2n) is 7.25. The quantitative estimate of drug-likeness (QED) is 0.852. The zero-order valence-electron chi connectivity index (χ0n) is 16.0. The number of fused-ring (bicyclic) bond motifs is 1. The van der Waals surface area contributed by atoms with Gasteiger partial charge in [0.1, 0.15) is 11.8 Å². The van der Waals surface area contributed by atoms with E-state index in [4.69, 9.17) is 4.74 Å². The molecule has 0 radical (unpaired) electrons. The van der Waals surface area contributed by atoms with Crippen LogP contribution in [0.2, 0.25) is 0 Å². The Kier molecular flexibility index (Phi) is 5.79. The van der Waals surface area contributed by atoms with Crippen molar-refractivity contribution in [1.29, 1.82) is 0 Å². The molecule has 2 aromatic carbocycles. The van der Waals surface area contributed by atoms with Gasteiger partial charge in [0.05, 0.1) is 12.6 Å². The highest BCUT2D eigenvalue weighted by Gasteiger charge is 2.29. The summed E-state index contributed by atoms with van der Waals surface area (Å²) in [7, 11) is 0. The minimum atomic E-state index is -0.605. The van der Waals surface area contributed by atoms with Crippen LogP contribution in [0.5, 0.6) is 5.75 Å². The van der Waals surface area contributed by atoms with Gasteiger partial charge in [-0.3, -0.25) is 9.59 Å². The molecule has 5 heteroatoms. The smallest absolute Gasteiger partial charge is 0.252 e. The predicted octanol–water partition coefficient (Wildman–Crippen LogP) is 3.39. The van der Waals surface area contributed by atoms with E-state index >= 15 is 0 Å². The molecule has 0 unspecified atom stereocenters. The van der Waals surface area contributed by atoms with Gasteiger partial charge in [0, 0.05) is 17.5 Å². The largest absolute Gasteiger partial charge is 0.493 e. The minimum Gasteiger partial charge on any atom is -0.493 e. The Balaban J connectivity index is 1.73. The molecule has 5 nitrogen and oxygen atoms in total. The highest BCUT2D eigenvalue weighted by molar-refractivity contribution is 5.98. The number of aryl methyl sites for hydroxylation is 1. The molecule has 0 saturated carbocycles. The third-order valence-corrected chi connectivity index (χ3v) is 4.90. The van der Waals surface area contributed by atoms with E-state index in [1.54, 1.807) is 6.07 Å². The lowest BCUT2D eigenvalue weighted by Crippen LogP contribution is -2.51. The molecule has 0 spiro atoms. The molecule has 0 aliphatic carbocycles. The number of hydrogen-bond donors (Lipinski definition) is 2. The zero-order valence-corrected chi connectivity index (χ0v) is 16.0. The monoisotopic (exact) mass is 366 g/mol. The molecule has 0 saturated heterocycles. The van der Waals surface area contributed by atoms with Gasteiger partial charge in [-0.2, -0.15) is 0 Å². The van der Waals surface area contributed by atoms with Crippen molar-refractivity contribution in [3.05, 3.63) is 65.2 Å². The summed E-state index contributed by atoms with van der Waals surface area (Å²) in [6, 6.07) is 14.4. The van der Waals surface area contributed by atoms with Gasteiger partial charge in [-0.15, -0.1) is 0 Å². The number of benzene rings is 2. The summed E-state index contributed by atoms with van der Waals surface area (Å²) in [5, 5.41) is 6.00. The lowest BCUT2D eigenvalue weighted by atomic mass is 9.98. The van der Waals surface area contributed by atoms with Crippen LogP contribution in [0, 0.1) is 12.8 Å². The summed E-state index contributed by atoms with van der Waals surface area (Å²) < 4.78 is 5.66. The third-order valence-electron chi connectivity index (χ3n) is 4.90. The normalized spacial score (nSPS) is 16.8. The minimum absolute atomic E-state index is 0.0342. The molecule has 2 amide bonds. The summed E-state index contributed by atoms with van der Waals surface area (Å²) in [5.74, 6) is 0.370. The summed E-state index contributed by atoms with van der Waals surface area (Å²) in [6.07, 6.45) is 0.708. The van der Waals surface area contributed by atoms with Gasteiger partial charge in [-0.05, 0) is 30.5 Å². The number of ether oxygens (including phenoxy) is 1. The average molecular weight is 366 g/mol. The Morgan fingerprint density at radius 2 is 1.78 bits per heavy atom. The fourth-order valence-electron chi connectivity index (χ4n) is 3.34. The van der Waals surface area contributed by atoms with Crippen molar-refractivity contribution in [3.63, 3.8) is 0 Å². The van der Waals surface area contributed by atoms with Crippen molar-refractivity contribution in [2.75, 3.05) is 6.61 Å². The predicted molar refractivity (Wildman–Crippen MR) is 105 cm³/mol. The number of rotatable bonds is 5. The Morgan fingerprint density at radius 1 is 1.07 bits per heavy atom. The molecule has 2 atom stereocenters. The van der Waals surface area contributed by atoms with Crippen molar-refractivity contribution in [1.82, 2.24) is 10.6 Å². The van der Waals surface area contributed by atoms with Crippen LogP contribution >= 0.6 is 0 Å². The molecule has 1 aliphatic heterocycles. The van der Waals surface area contributed by atoms with Crippen LogP contribution < -0.4 is 15.4 Å². The number of carbonyl (C=O) groups is 2. The first-order valence-corrected chi connectivity index (χ1v) is 9.36. The second kappa shape index (κ2) is 8.25. The zero-order chi connectivity index (χ0) is 19.4. The van der Waals surface area contributed by atoms with Gasteiger partial charge in [0.15, 0.2) is 0 Å². The van der Waals surface area contributed by atoms with Crippen LogP contribution in [0.15, 0.2) is 48.5 Å². The first kappa shape index (κ1) is 19.0. The maximum absolute atomic E-state index is 12.9. The van der Waals surface area contributed by atoms with Gasteiger partial charge >= 0.3 is 0 Å². The highest BCUT2D eigenvalue weighted by Crippen LogP contribution is 2.31. The fraction of sp³-hybridized carbons (Fsp3) is 0.364. The summed E-state index contributed by atoms with van der Waals surface area (Å²) >= 11 is 0. The standard InChI is InChI=1S/C22H26N2O3/c1-14(2)20(24-21(25)16-9-5-4-8-15(16)3)22(26)23-18-12-13-27-19-11-7-6-10-17(18)19/h4-11,14,18,20H,12-13H2,1-3H3,(H,23,26)(H,24,25)/t18-,20+/m1/s1. The lowest BCUT2D eigenvalue weighted by Gasteiger charge is -2.29. The molecule has 1 heterocycles. The van der Waals surface area contributed by atoms with E-state index in [1.165, 1.54) is 0 Å². The van der Waals surface area contributed by atoms with E-state index in [1.807, 2.05) is 63.2 Å². The van der Waals surface area contributed by atoms with Crippen LogP contribution in [0.3, 0.4) is 0 Å². The van der Waals surface area contributed by atoms with Crippen molar-refractivity contribution in [2.24, 2.45) is 5.92 Å². The fourth-order valence-corrected chi connectivity index (χ4v) is 3.34. The van der Waals surface area contributed by atoms with E-state index in [2.05, 4.69) is 10.6 Å². The SMILES string of the molecule is Cc1ccccc1C(=O)N[C@H](C(=O)N[C@@H]1CCOc2ccccc21)C(C)C. The van der Waals surface area contributed by atoms with Crippen molar-refractivity contribution in [3.8, 4) is 5.75 Å². The Labute approximate surface area is 160 Å². The molecule has 0 bridgehead atoms. The Morgan fingerprint density at radius 3 is 2.52 bits per heavy atom. The molecule has 142 valence electrons. The maximum Gasteiger partial charge on any atom is 0.252 e. The topological polar surface area (TPSA) is 67.4 Å². The summed E-state index contributed by atoms with van der Waals surface area (Å²) in [5.41, 5.74) is 2.45. The van der Waals surface area contributed by atoms with Crippen LogP contribution in [-0.2, 0) is 4.79 Å². The molecule has 0 fully saturated rings. The Hall–Kier alpha value is -2.82. The lowest BCUT2D eigenvalue weighted by molar-refractivity contribution is -0.124. The van der Waals surface area contributed by atoms with E-state index in [0.29, 0.717) is 18.6 Å². The molecule has 3 rings (SSSR count). The maximum atomic E-state index is 12.9. The van der Waals surface area contributed by atoms with Crippen LogP contribution in [-0.4, -0.2) is 24.5 Å². The molecule has 0 aromatic heterocycles.